The Morgan fingerprint density at radius 2 is 2.33 bits per heavy atom. The Morgan fingerprint density at radius 3 is 3.07 bits per heavy atom. The number of hydrogen-bond acceptors (Lipinski definition) is 2. The van der Waals surface area contributed by atoms with Crippen molar-refractivity contribution < 1.29 is 9.13 Å². The summed E-state index contributed by atoms with van der Waals surface area (Å²) in [5, 5.41) is 4.07. The van der Waals surface area contributed by atoms with Crippen LogP contribution in [0.25, 0.3) is 5.69 Å². The van der Waals surface area contributed by atoms with E-state index >= 15 is 0 Å². The Bertz CT molecular complexity index is 453. The summed E-state index contributed by atoms with van der Waals surface area (Å²) >= 11 is 0. The first kappa shape index (κ1) is 9.71. The summed E-state index contributed by atoms with van der Waals surface area (Å²) in [6.45, 7) is 2.49. The van der Waals surface area contributed by atoms with E-state index in [1.165, 1.54) is 12.1 Å². The molecular weight excluding hydrogens is 195 g/mol. The smallest absolute Gasteiger partial charge is 0.157 e. The van der Waals surface area contributed by atoms with Crippen LogP contribution in [0.3, 0.4) is 0 Å². The maximum Gasteiger partial charge on any atom is 0.157 e. The minimum absolute atomic E-state index is 0.277. The van der Waals surface area contributed by atoms with Gasteiger partial charge in [0.2, 0.25) is 0 Å². The fourth-order valence-corrected chi connectivity index (χ4v) is 1.31. The molecule has 2 rings (SSSR count). The van der Waals surface area contributed by atoms with E-state index in [-0.39, 0.29) is 5.82 Å². The standard InChI is InChI=1S/C11H11FN2O/c1-2-15-11-7-13-14(8-11)10-5-3-4-9(12)6-10/h3-8H,2H2,1H3. The van der Waals surface area contributed by atoms with Gasteiger partial charge in [0.15, 0.2) is 5.75 Å². The van der Waals surface area contributed by atoms with Crippen LogP contribution in [0.4, 0.5) is 4.39 Å². The van der Waals surface area contributed by atoms with E-state index in [4.69, 9.17) is 4.74 Å². The third-order valence-corrected chi connectivity index (χ3v) is 1.94. The van der Waals surface area contributed by atoms with E-state index in [0.717, 1.165) is 0 Å². The quantitative estimate of drug-likeness (QED) is 0.771. The van der Waals surface area contributed by atoms with Gasteiger partial charge in [0, 0.05) is 0 Å². The first-order valence-electron chi connectivity index (χ1n) is 4.73. The Labute approximate surface area is 87.1 Å². The predicted octanol–water partition coefficient (Wildman–Crippen LogP) is 2.41. The van der Waals surface area contributed by atoms with E-state index in [1.54, 1.807) is 29.2 Å². The molecule has 3 nitrogen and oxygen atoms in total. The van der Waals surface area contributed by atoms with Gasteiger partial charge in [-0.3, -0.25) is 0 Å². The van der Waals surface area contributed by atoms with Gasteiger partial charge in [-0.15, -0.1) is 0 Å². The van der Waals surface area contributed by atoms with Gasteiger partial charge in [-0.2, -0.15) is 5.10 Å². The summed E-state index contributed by atoms with van der Waals surface area (Å²) in [7, 11) is 0. The van der Waals surface area contributed by atoms with Crippen LogP contribution in [-0.2, 0) is 0 Å². The summed E-state index contributed by atoms with van der Waals surface area (Å²) < 4.78 is 19.8. The molecule has 0 amide bonds. The van der Waals surface area contributed by atoms with Crippen molar-refractivity contribution in [2.24, 2.45) is 0 Å². The van der Waals surface area contributed by atoms with E-state index in [1.807, 2.05) is 6.92 Å². The summed E-state index contributed by atoms with van der Waals surface area (Å²) in [4.78, 5) is 0. The molecule has 4 heteroatoms. The van der Waals surface area contributed by atoms with Crippen molar-refractivity contribution in [2.45, 2.75) is 6.92 Å². The predicted molar refractivity (Wildman–Crippen MR) is 54.7 cm³/mol. The zero-order chi connectivity index (χ0) is 10.7. The summed E-state index contributed by atoms with van der Waals surface area (Å²) in [6.07, 6.45) is 3.33. The lowest BCUT2D eigenvalue weighted by Crippen LogP contribution is -1.94. The number of halogens is 1. The van der Waals surface area contributed by atoms with Gasteiger partial charge in [-0.1, -0.05) is 6.07 Å². The van der Waals surface area contributed by atoms with Gasteiger partial charge in [-0.25, -0.2) is 9.07 Å². The molecule has 15 heavy (non-hydrogen) atoms. The maximum absolute atomic E-state index is 12.9. The van der Waals surface area contributed by atoms with Crippen molar-refractivity contribution >= 4 is 0 Å². The van der Waals surface area contributed by atoms with Crippen LogP contribution in [0, 0.1) is 5.82 Å². The molecule has 0 N–H and O–H groups in total. The Hall–Kier alpha value is -1.84. The average molecular weight is 206 g/mol. The Kier molecular flexibility index (Phi) is 2.67. The number of ether oxygens (including phenoxy) is 1. The molecule has 0 aliphatic rings. The van der Waals surface area contributed by atoms with Crippen LogP contribution in [0.2, 0.25) is 0 Å². The molecule has 0 aliphatic carbocycles. The topological polar surface area (TPSA) is 27.1 Å². The van der Waals surface area contributed by atoms with Gasteiger partial charge in [-0.05, 0) is 25.1 Å². The van der Waals surface area contributed by atoms with E-state index in [0.29, 0.717) is 18.0 Å². The second-order valence-corrected chi connectivity index (χ2v) is 3.03. The van der Waals surface area contributed by atoms with Crippen LogP contribution in [0.15, 0.2) is 36.7 Å². The van der Waals surface area contributed by atoms with Crippen LogP contribution in [-0.4, -0.2) is 16.4 Å². The summed E-state index contributed by atoms with van der Waals surface area (Å²) in [5.41, 5.74) is 0.681. The second kappa shape index (κ2) is 4.13. The van der Waals surface area contributed by atoms with Crippen LogP contribution in [0.5, 0.6) is 5.75 Å². The molecule has 0 saturated carbocycles. The van der Waals surface area contributed by atoms with Crippen molar-refractivity contribution in [1.29, 1.82) is 0 Å². The molecule has 0 bridgehead atoms. The fraction of sp³-hybridized carbons (Fsp3) is 0.182. The number of hydrogen-bond donors (Lipinski definition) is 0. The monoisotopic (exact) mass is 206 g/mol. The molecule has 0 atom stereocenters. The van der Waals surface area contributed by atoms with Crippen molar-refractivity contribution in [1.82, 2.24) is 9.78 Å². The normalized spacial score (nSPS) is 10.3. The maximum atomic E-state index is 12.9. The van der Waals surface area contributed by atoms with E-state index < -0.39 is 0 Å². The van der Waals surface area contributed by atoms with Crippen LogP contribution < -0.4 is 4.74 Å². The summed E-state index contributed by atoms with van der Waals surface area (Å²) in [5.74, 6) is 0.405. The molecule has 0 saturated heterocycles. The van der Waals surface area contributed by atoms with E-state index in [9.17, 15) is 4.39 Å². The molecular formula is C11H11FN2O. The zero-order valence-corrected chi connectivity index (χ0v) is 8.35. The van der Waals surface area contributed by atoms with Gasteiger partial charge in [0.25, 0.3) is 0 Å². The lowest BCUT2D eigenvalue weighted by Gasteiger charge is -2.00. The number of aromatic nitrogens is 2. The lowest BCUT2D eigenvalue weighted by molar-refractivity contribution is 0.340. The molecule has 0 aliphatic heterocycles. The van der Waals surface area contributed by atoms with Crippen LogP contribution >= 0.6 is 0 Å². The molecule has 78 valence electrons. The highest BCUT2D eigenvalue weighted by Gasteiger charge is 2.01. The molecule has 1 aromatic heterocycles. The fourth-order valence-electron chi connectivity index (χ4n) is 1.31. The highest BCUT2D eigenvalue weighted by Crippen LogP contribution is 2.14. The van der Waals surface area contributed by atoms with Crippen LogP contribution in [0.1, 0.15) is 6.92 Å². The molecule has 2 aromatic rings. The van der Waals surface area contributed by atoms with Crippen molar-refractivity contribution in [3.05, 3.63) is 42.5 Å². The third-order valence-electron chi connectivity index (χ3n) is 1.94. The number of nitrogens with zero attached hydrogens (tertiary/aromatic N) is 2. The third kappa shape index (κ3) is 2.15. The molecule has 0 fully saturated rings. The van der Waals surface area contributed by atoms with Gasteiger partial charge in [0.05, 0.1) is 24.7 Å². The second-order valence-electron chi connectivity index (χ2n) is 3.03. The molecule has 1 aromatic carbocycles. The first-order chi connectivity index (χ1) is 7.29. The Morgan fingerprint density at radius 1 is 1.47 bits per heavy atom. The molecule has 1 heterocycles. The average Bonchev–Trinajstić information content (AvgIpc) is 2.67. The molecule has 0 unspecified atom stereocenters. The van der Waals surface area contributed by atoms with Gasteiger partial charge >= 0.3 is 0 Å². The highest BCUT2D eigenvalue weighted by molar-refractivity contribution is 5.32. The van der Waals surface area contributed by atoms with Crippen molar-refractivity contribution in [2.75, 3.05) is 6.61 Å². The number of benzene rings is 1. The minimum Gasteiger partial charge on any atom is -0.491 e. The number of rotatable bonds is 3. The summed E-state index contributed by atoms with van der Waals surface area (Å²) in [6, 6.07) is 6.25. The minimum atomic E-state index is -0.277. The van der Waals surface area contributed by atoms with Crippen molar-refractivity contribution in [3.8, 4) is 11.4 Å². The highest BCUT2D eigenvalue weighted by atomic mass is 19.1. The Balaban J connectivity index is 2.29. The van der Waals surface area contributed by atoms with E-state index in [2.05, 4.69) is 5.10 Å². The van der Waals surface area contributed by atoms with Crippen molar-refractivity contribution in [3.63, 3.8) is 0 Å². The first-order valence-corrected chi connectivity index (χ1v) is 4.73. The van der Waals surface area contributed by atoms with Gasteiger partial charge < -0.3 is 4.74 Å². The SMILES string of the molecule is CCOc1cnn(-c2cccc(F)c2)c1. The molecule has 0 spiro atoms. The largest absolute Gasteiger partial charge is 0.491 e. The zero-order valence-electron chi connectivity index (χ0n) is 8.35. The van der Waals surface area contributed by atoms with Gasteiger partial charge in [0.1, 0.15) is 5.82 Å². The lowest BCUT2D eigenvalue weighted by atomic mass is 10.3. The molecule has 0 radical (unpaired) electrons.